The third-order valence-corrected chi connectivity index (χ3v) is 6.66. The summed E-state index contributed by atoms with van der Waals surface area (Å²) < 4.78 is 5.18. The third kappa shape index (κ3) is 7.71. The molecule has 1 aliphatic heterocycles. The van der Waals surface area contributed by atoms with E-state index in [2.05, 4.69) is 38.3 Å². The van der Waals surface area contributed by atoms with Crippen molar-refractivity contribution in [3.05, 3.63) is 59.7 Å². The number of hydrogen-bond acceptors (Lipinski definition) is 5. The topological polar surface area (TPSA) is 109 Å². The Morgan fingerprint density at radius 2 is 1.65 bits per heavy atom. The fraction of sp³-hybridized carbons (Fsp3) is 0.483. The zero-order chi connectivity index (χ0) is 27.0. The highest BCUT2D eigenvalue weighted by molar-refractivity contribution is 6.06. The minimum absolute atomic E-state index is 0.00579. The van der Waals surface area contributed by atoms with E-state index in [4.69, 9.17) is 15.5 Å². The molecule has 0 saturated heterocycles. The van der Waals surface area contributed by atoms with Crippen LogP contribution in [0.5, 0.6) is 5.75 Å². The van der Waals surface area contributed by atoms with Crippen LogP contribution in [0.4, 0.5) is 10.5 Å². The lowest BCUT2D eigenvalue weighted by Gasteiger charge is -2.27. The number of guanidine groups is 1. The highest BCUT2D eigenvalue weighted by Gasteiger charge is 2.46. The van der Waals surface area contributed by atoms with Gasteiger partial charge in [0, 0.05) is 18.3 Å². The van der Waals surface area contributed by atoms with Crippen LogP contribution in [-0.4, -0.2) is 35.4 Å². The molecule has 200 valence electrons. The minimum Gasteiger partial charge on any atom is -0.497 e. The van der Waals surface area contributed by atoms with Crippen LogP contribution in [0.15, 0.2) is 53.5 Å². The molecule has 0 spiro atoms. The number of hydrogen-bond donors (Lipinski definition) is 3. The minimum atomic E-state index is -0.751. The van der Waals surface area contributed by atoms with Crippen LogP contribution < -0.4 is 21.1 Å². The summed E-state index contributed by atoms with van der Waals surface area (Å²) >= 11 is 0. The van der Waals surface area contributed by atoms with Gasteiger partial charge >= 0.3 is 6.03 Å². The van der Waals surface area contributed by atoms with Crippen LogP contribution >= 0.6 is 0 Å². The molecule has 0 saturated carbocycles. The number of nitrogens with one attached hydrogen (secondary N) is 2. The molecule has 0 fully saturated rings. The number of carbonyl (C=O) groups is 2. The molecule has 0 aromatic heterocycles. The number of nitrogens with zero attached hydrogens (tertiary/aromatic N) is 2. The Morgan fingerprint density at radius 1 is 1.03 bits per heavy atom. The highest BCUT2D eigenvalue weighted by atomic mass is 16.5. The first-order valence-corrected chi connectivity index (χ1v) is 13.1. The van der Waals surface area contributed by atoms with Gasteiger partial charge in [0.25, 0.3) is 5.91 Å². The number of benzene rings is 2. The van der Waals surface area contributed by atoms with Crippen molar-refractivity contribution in [2.75, 3.05) is 12.4 Å². The van der Waals surface area contributed by atoms with Gasteiger partial charge < -0.3 is 21.1 Å². The molecule has 2 aromatic rings. The molecule has 3 amide bonds. The average Bonchev–Trinajstić information content (AvgIpc) is 3.10. The summed E-state index contributed by atoms with van der Waals surface area (Å²) in [5, 5.41) is 5.65. The first-order chi connectivity index (χ1) is 17.6. The smallest absolute Gasteiger partial charge is 0.319 e. The van der Waals surface area contributed by atoms with E-state index in [9.17, 15) is 9.59 Å². The second-order valence-corrected chi connectivity index (χ2v) is 10.6. The molecule has 37 heavy (non-hydrogen) atoms. The summed E-state index contributed by atoms with van der Waals surface area (Å²) in [5.41, 5.74) is 8.10. The van der Waals surface area contributed by atoms with Crippen molar-refractivity contribution in [1.29, 1.82) is 0 Å². The van der Waals surface area contributed by atoms with Crippen LogP contribution in [-0.2, 0) is 17.9 Å². The largest absolute Gasteiger partial charge is 0.497 e. The Balaban J connectivity index is 1.58. The van der Waals surface area contributed by atoms with Crippen molar-refractivity contribution in [2.45, 2.75) is 72.0 Å². The van der Waals surface area contributed by atoms with Gasteiger partial charge in [0.15, 0.2) is 5.96 Å². The van der Waals surface area contributed by atoms with Gasteiger partial charge in [-0.2, -0.15) is 0 Å². The van der Waals surface area contributed by atoms with Crippen LogP contribution in [0.2, 0.25) is 0 Å². The highest BCUT2D eigenvalue weighted by Crippen LogP contribution is 2.35. The van der Waals surface area contributed by atoms with Crippen molar-refractivity contribution in [3.63, 3.8) is 0 Å². The van der Waals surface area contributed by atoms with Crippen LogP contribution in [0.3, 0.4) is 0 Å². The number of urea groups is 1. The van der Waals surface area contributed by atoms with E-state index in [1.807, 2.05) is 36.4 Å². The second kappa shape index (κ2) is 12.6. The molecule has 1 aliphatic rings. The monoisotopic (exact) mass is 507 g/mol. The average molecular weight is 508 g/mol. The molecule has 0 unspecified atom stereocenters. The van der Waals surface area contributed by atoms with E-state index in [0.29, 0.717) is 42.3 Å². The molecule has 2 aromatic carbocycles. The van der Waals surface area contributed by atoms with Gasteiger partial charge in [0.1, 0.15) is 11.3 Å². The van der Waals surface area contributed by atoms with Crippen molar-refractivity contribution in [3.8, 4) is 5.75 Å². The number of aliphatic imine (C=N–C) groups is 1. The molecule has 3 rings (SSSR count). The normalized spacial score (nSPS) is 14.7. The van der Waals surface area contributed by atoms with Crippen molar-refractivity contribution in [2.24, 2.45) is 22.6 Å². The Hall–Kier alpha value is -3.55. The Kier molecular flexibility index (Phi) is 9.55. The lowest BCUT2D eigenvalue weighted by atomic mass is 9.84. The van der Waals surface area contributed by atoms with E-state index in [1.54, 1.807) is 24.1 Å². The SMILES string of the molecule is COc1cccc(NC(=O)NCc2ccc(CN3C(=O)C(CCC(C)C)(CCC(C)C)N=C3N)cc2)c1. The van der Waals surface area contributed by atoms with Gasteiger partial charge in [-0.15, -0.1) is 0 Å². The predicted molar refractivity (Wildman–Crippen MR) is 148 cm³/mol. The first-order valence-electron chi connectivity index (χ1n) is 13.1. The Labute approximate surface area is 220 Å². The molecular formula is C29H41N5O3. The third-order valence-electron chi connectivity index (χ3n) is 6.66. The van der Waals surface area contributed by atoms with Crippen molar-refractivity contribution < 1.29 is 14.3 Å². The summed E-state index contributed by atoms with van der Waals surface area (Å²) in [6.07, 6.45) is 3.30. The van der Waals surface area contributed by atoms with E-state index >= 15 is 0 Å². The number of methoxy groups -OCH3 is 1. The fourth-order valence-corrected chi connectivity index (χ4v) is 4.34. The van der Waals surface area contributed by atoms with E-state index in [1.165, 1.54) is 0 Å². The predicted octanol–water partition coefficient (Wildman–Crippen LogP) is 5.29. The maximum atomic E-state index is 13.6. The lowest BCUT2D eigenvalue weighted by Crippen LogP contribution is -2.44. The van der Waals surface area contributed by atoms with Gasteiger partial charge in [0.2, 0.25) is 0 Å². The van der Waals surface area contributed by atoms with Gasteiger partial charge in [-0.3, -0.25) is 9.69 Å². The summed E-state index contributed by atoms with van der Waals surface area (Å²) in [4.78, 5) is 32.2. The maximum absolute atomic E-state index is 13.6. The maximum Gasteiger partial charge on any atom is 0.319 e. The Bertz CT molecular complexity index is 1080. The number of anilines is 1. The number of nitrogens with two attached hydrogens (primary N) is 1. The summed E-state index contributed by atoms with van der Waals surface area (Å²) in [5.74, 6) is 1.97. The Morgan fingerprint density at radius 3 is 2.24 bits per heavy atom. The van der Waals surface area contributed by atoms with E-state index in [-0.39, 0.29) is 11.9 Å². The fourth-order valence-electron chi connectivity index (χ4n) is 4.34. The van der Waals surface area contributed by atoms with Crippen molar-refractivity contribution >= 4 is 23.6 Å². The molecule has 0 aliphatic carbocycles. The summed E-state index contributed by atoms with van der Waals surface area (Å²) in [7, 11) is 1.58. The van der Waals surface area contributed by atoms with Crippen LogP contribution in [0, 0.1) is 11.8 Å². The van der Waals surface area contributed by atoms with Gasteiger partial charge in [-0.25, -0.2) is 9.79 Å². The van der Waals surface area contributed by atoms with Crippen LogP contribution in [0.1, 0.15) is 64.5 Å². The zero-order valence-corrected chi connectivity index (χ0v) is 22.7. The summed E-state index contributed by atoms with van der Waals surface area (Å²) in [6, 6.07) is 14.7. The molecule has 0 atom stereocenters. The van der Waals surface area contributed by atoms with Crippen LogP contribution in [0.25, 0.3) is 0 Å². The van der Waals surface area contributed by atoms with E-state index in [0.717, 1.165) is 36.8 Å². The first kappa shape index (κ1) is 28.0. The molecule has 8 nitrogen and oxygen atoms in total. The van der Waals surface area contributed by atoms with Crippen molar-refractivity contribution in [1.82, 2.24) is 10.2 Å². The van der Waals surface area contributed by atoms with Gasteiger partial charge in [-0.05, 0) is 60.8 Å². The number of carbonyl (C=O) groups excluding carboxylic acids is 2. The van der Waals surface area contributed by atoms with E-state index < -0.39 is 5.54 Å². The van der Waals surface area contributed by atoms with Gasteiger partial charge in [0.05, 0.1) is 13.7 Å². The molecule has 0 bridgehead atoms. The summed E-state index contributed by atoms with van der Waals surface area (Å²) in [6.45, 7) is 9.41. The lowest BCUT2D eigenvalue weighted by molar-refractivity contribution is -0.132. The number of ether oxygens (including phenoxy) is 1. The quantitative estimate of drug-likeness (QED) is 0.363. The molecular weight excluding hydrogens is 466 g/mol. The molecule has 0 radical (unpaired) electrons. The van der Waals surface area contributed by atoms with Gasteiger partial charge in [-0.1, -0.05) is 58.0 Å². The molecule has 4 N–H and O–H groups in total. The second-order valence-electron chi connectivity index (χ2n) is 10.6. The standard InChI is InChI=1S/C29H41N5O3/c1-20(2)13-15-29(16-14-21(3)4)26(35)34(27(30)33-29)19-23-11-9-22(10-12-23)18-31-28(36)32-24-7-6-8-25(17-24)37-5/h6-12,17,20-21H,13-16,18-19H2,1-5H3,(H2,30,33)(H2,31,32,36). The zero-order valence-electron chi connectivity index (χ0n) is 22.7. The number of rotatable bonds is 12. The molecule has 8 heteroatoms. The molecule has 1 heterocycles. The number of amides is 3.